The van der Waals surface area contributed by atoms with Crippen LogP contribution in [0.4, 0.5) is 9.18 Å². The molecule has 174 valence electrons. The lowest BCUT2D eigenvalue weighted by molar-refractivity contribution is 0.0499. The highest BCUT2D eigenvalue weighted by atomic mass is 32.2. The number of carbonyl (C=O) groups is 2. The number of alkyl carbamates (subject to hydrolysis) is 1. The minimum Gasteiger partial charge on any atom is -0.444 e. The van der Waals surface area contributed by atoms with Crippen LogP contribution >= 0.6 is 0 Å². The van der Waals surface area contributed by atoms with Gasteiger partial charge in [0.1, 0.15) is 11.4 Å². The van der Waals surface area contributed by atoms with E-state index in [1.807, 2.05) is 0 Å². The molecule has 10 heteroatoms. The second kappa shape index (κ2) is 9.95. The lowest BCUT2D eigenvalue weighted by atomic mass is 9.96. The molecule has 8 nitrogen and oxygen atoms in total. The Kier molecular flexibility index (Phi) is 8.04. The molecule has 1 aromatic rings. The molecule has 1 aliphatic rings. The van der Waals surface area contributed by atoms with Gasteiger partial charge in [-0.2, -0.15) is 0 Å². The number of rotatable bonds is 6. The molecule has 0 saturated carbocycles. The first-order valence-electron chi connectivity index (χ1n) is 10.4. The zero-order valence-electron chi connectivity index (χ0n) is 18.7. The lowest BCUT2D eigenvalue weighted by Crippen LogP contribution is -2.42. The SMILES string of the molecule is CC(C)NS(=O)(=O)c1ccc(F)c(C(=O)N2CCC(CNC(=O)OC(C)(C)C)CC2)c1. The van der Waals surface area contributed by atoms with Crippen LogP contribution in [-0.2, 0) is 14.8 Å². The van der Waals surface area contributed by atoms with E-state index in [-0.39, 0.29) is 22.4 Å². The van der Waals surface area contributed by atoms with E-state index in [9.17, 15) is 22.4 Å². The van der Waals surface area contributed by atoms with Crippen molar-refractivity contribution in [2.24, 2.45) is 5.92 Å². The summed E-state index contributed by atoms with van der Waals surface area (Å²) < 4.78 is 46.7. The number of piperidine rings is 1. The van der Waals surface area contributed by atoms with E-state index in [4.69, 9.17) is 4.74 Å². The predicted molar refractivity (Wildman–Crippen MR) is 115 cm³/mol. The monoisotopic (exact) mass is 457 g/mol. The quantitative estimate of drug-likeness (QED) is 0.683. The maximum absolute atomic E-state index is 14.3. The van der Waals surface area contributed by atoms with Gasteiger partial charge in [0.25, 0.3) is 5.91 Å². The number of carbonyl (C=O) groups excluding carboxylic acids is 2. The van der Waals surface area contributed by atoms with Gasteiger partial charge >= 0.3 is 6.09 Å². The maximum Gasteiger partial charge on any atom is 0.407 e. The van der Waals surface area contributed by atoms with Crippen molar-refractivity contribution in [3.8, 4) is 0 Å². The Hall–Kier alpha value is -2.20. The van der Waals surface area contributed by atoms with Crippen molar-refractivity contribution in [3.05, 3.63) is 29.6 Å². The Morgan fingerprint density at radius 1 is 1.23 bits per heavy atom. The number of halogens is 1. The predicted octanol–water partition coefficient (Wildman–Crippen LogP) is 2.89. The highest BCUT2D eigenvalue weighted by Crippen LogP contribution is 2.22. The summed E-state index contributed by atoms with van der Waals surface area (Å²) in [5.41, 5.74) is -0.839. The molecule has 0 aromatic heterocycles. The van der Waals surface area contributed by atoms with Gasteiger partial charge in [0, 0.05) is 25.7 Å². The van der Waals surface area contributed by atoms with Crippen LogP contribution in [0.1, 0.15) is 57.8 Å². The van der Waals surface area contributed by atoms with Gasteiger partial charge in [0.05, 0.1) is 10.5 Å². The van der Waals surface area contributed by atoms with Gasteiger partial charge in [0.15, 0.2) is 0 Å². The van der Waals surface area contributed by atoms with Gasteiger partial charge in [-0.05, 0) is 71.6 Å². The molecule has 2 N–H and O–H groups in total. The largest absolute Gasteiger partial charge is 0.444 e. The number of likely N-dealkylation sites (tertiary alicyclic amines) is 1. The fourth-order valence-electron chi connectivity index (χ4n) is 3.27. The third kappa shape index (κ3) is 7.46. The standard InChI is InChI=1S/C21H32FN3O5S/c1-14(2)24-31(28,29)16-6-7-18(22)17(12-16)19(26)25-10-8-15(9-11-25)13-23-20(27)30-21(3,4)5/h6-7,12,14-15,24H,8-11,13H2,1-5H3,(H,23,27). The fourth-order valence-corrected chi connectivity index (χ4v) is 4.54. The summed E-state index contributed by atoms with van der Waals surface area (Å²) in [5.74, 6) is -1.14. The fraction of sp³-hybridized carbons (Fsp3) is 0.619. The number of nitrogens with one attached hydrogen (secondary N) is 2. The summed E-state index contributed by atoms with van der Waals surface area (Å²) in [7, 11) is -3.84. The van der Waals surface area contributed by atoms with E-state index in [0.29, 0.717) is 32.5 Å². The van der Waals surface area contributed by atoms with Crippen LogP contribution in [0, 0.1) is 11.7 Å². The molecule has 1 heterocycles. The van der Waals surface area contributed by atoms with E-state index in [0.717, 1.165) is 18.2 Å². The zero-order valence-corrected chi connectivity index (χ0v) is 19.5. The van der Waals surface area contributed by atoms with Crippen molar-refractivity contribution in [1.29, 1.82) is 0 Å². The zero-order chi connectivity index (χ0) is 23.4. The first-order valence-corrected chi connectivity index (χ1v) is 11.8. The average molecular weight is 458 g/mol. The van der Waals surface area contributed by atoms with Crippen LogP contribution in [0.15, 0.2) is 23.1 Å². The molecule has 31 heavy (non-hydrogen) atoms. The van der Waals surface area contributed by atoms with Crippen LogP contribution in [0.25, 0.3) is 0 Å². The Morgan fingerprint density at radius 2 is 1.84 bits per heavy atom. The van der Waals surface area contributed by atoms with E-state index in [1.165, 1.54) is 4.90 Å². The van der Waals surface area contributed by atoms with Crippen LogP contribution in [0.3, 0.4) is 0 Å². The smallest absolute Gasteiger partial charge is 0.407 e. The summed E-state index contributed by atoms with van der Waals surface area (Å²) in [4.78, 5) is 26.0. The Bertz CT molecular complexity index is 904. The summed E-state index contributed by atoms with van der Waals surface area (Å²) in [6, 6.07) is 2.89. The number of ether oxygens (including phenoxy) is 1. The number of sulfonamides is 1. The molecule has 1 fully saturated rings. The van der Waals surface area contributed by atoms with Crippen molar-refractivity contribution in [2.75, 3.05) is 19.6 Å². The maximum atomic E-state index is 14.3. The summed E-state index contributed by atoms with van der Waals surface area (Å²) >= 11 is 0. The molecule has 1 aliphatic heterocycles. The molecule has 2 amide bonds. The Balaban J connectivity index is 1.98. The Morgan fingerprint density at radius 3 is 2.39 bits per heavy atom. The van der Waals surface area contributed by atoms with Gasteiger partial charge in [-0.1, -0.05) is 0 Å². The molecule has 0 radical (unpaired) electrons. The van der Waals surface area contributed by atoms with Crippen molar-refractivity contribution in [2.45, 2.75) is 64.0 Å². The number of benzene rings is 1. The van der Waals surface area contributed by atoms with Gasteiger partial charge in [-0.15, -0.1) is 0 Å². The van der Waals surface area contributed by atoms with Gasteiger partial charge in [0.2, 0.25) is 10.0 Å². The third-order valence-electron chi connectivity index (χ3n) is 4.71. The molecular formula is C21H32FN3O5S. The van der Waals surface area contributed by atoms with Gasteiger partial charge < -0.3 is 15.0 Å². The van der Waals surface area contributed by atoms with Crippen LogP contribution in [0.2, 0.25) is 0 Å². The summed E-state index contributed by atoms with van der Waals surface area (Å²) in [5, 5.41) is 2.74. The van der Waals surface area contributed by atoms with Crippen molar-refractivity contribution in [3.63, 3.8) is 0 Å². The number of amides is 2. The number of hydrogen-bond donors (Lipinski definition) is 2. The van der Waals surface area contributed by atoms with Gasteiger partial charge in [-0.3, -0.25) is 4.79 Å². The minimum absolute atomic E-state index is 0.151. The normalized spacial score (nSPS) is 15.8. The van der Waals surface area contributed by atoms with Gasteiger partial charge in [-0.25, -0.2) is 22.3 Å². The summed E-state index contributed by atoms with van der Waals surface area (Å²) in [6.07, 6.45) is 0.785. The second-order valence-corrected chi connectivity index (χ2v) is 10.7. The number of nitrogens with zero attached hydrogens (tertiary/aromatic N) is 1. The molecule has 0 aliphatic carbocycles. The van der Waals surface area contributed by atoms with E-state index in [2.05, 4.69) is 10.0 Å². The Labute approximate surface area is 183 Å². The first-order chi connectivity index (χ1) is 14.3. The molecular weight excluding hydrogens is 425 g/mol. The van der Waals surface area contributed by atoms with Crippen LogP contribution < -0.4 is 10.0 Å². The molecule has 0 atom stereocenters. The second-order valence-electron chi connectivity index (χ2n) is 9.04. The number of hydrogen-bond acceptors (Lipinski definition) is 5. The third-order valence-corrected chi connectivity index (χ3v) is 6.36. The molecule has 2 rings (SSSR count). The van der Waals surface area contributed by atoms with Crippen LogP contribution in [-0.4, -0.2) is 56.6 Å². The average Bonchev–Trinajstić information content (AvgIpc) is 2.64. The molecule has 0 bridgehead atoms. The molecule has 1 saturated heterocycles. The van der Waals surface area contributed by atoms with E-state index in [1.54, 1.807) is 34.6 Å². The first kappa shape index (κ1) is 25.1. The van der Waals surface area contributed by atoms with Crippen molar-refractivity contribution < 1.29 is 27.1 Å². The van der Waals surface area contributed by atoms with Crippen LogP contribution in [0.5, 0.6) is 0 Å². The molecule has 1 aromatic carbocycles. The van der Waals surface area contributed by atoms with Crippen molar-refractivity contribution in [1.82, 2.24) is 14.9 Å². The lowest BCUT2D eigenvalue weighted by Gasteiger charge is -2.32. The summed E-state index contributed by atoms with van der Waals surface area (Å²) in [6.45, 7) is 9.92. The molecule has 0 spiro atoms. The minimum atomic E-state index is -3.84. The van der Waals surface area contributed by atoms with E-state index >= 15 is 0 Å². The van der Waals surface area contributed by atoms with Crippen molar-refractivity contribution >= 4 is 22.0 Å². The highest BCUT2D eigenvalue weighted by Gasteiger charge is 2.27. The van der Waals surface area contributed by atoms with E-state index < -0.39 is 33.4 Å². The molecule has 0 unspecified atom stereocenters. The topological polar surface area (TPSA) is 105 Å². The highest BCUT2D eigenvalue weighted by molar-refractivity contribution is 7.89.